The molecule has 1 saturated heterocycles. The van der Waals surface area contributed by atoms with Gasteiger partial charge >= 0.3 is 0 Å². The van der Waals surface area contributed by atoms with Crippen molar-refractivity contribution < 1.29 is 18.8 Å². The Labute approximate surface area is 144 Å². The Morgan fingerprint density at radius 2 is 1.88 bits per heavy atom. The molecular formula is C18H17FN2O4. The van der Waals surface area contributed by atoms with Crippen LogP contribution >= 0.6 is 0 Å². The highest BCUT2D eigenvalue weighted by molar-refractivity contribution is 5.79. The standard InChI is InChI=1S/C18H17FN2O4/c19-15-5-3-14(4-6-15)17-12-20(9-10-25-17)18(22)11-13-1-7-16(8-2-13)21(23)24/h1-8,17H,9-12H2. The number of carbonyl (C=O) groups is 1. The molecule has 7 heteroatoms. The van der Waals surface area contributed by atoms with Gasteiger partial charge in [0.05, 0.1) is 24.5 Å². The number of nitro benzene ring substituents is 1. The van der Waals surface area contributed by atoms with E-state index in [-0.39, 0.29) is 29.9 Å². The number of halogens is 1. The van der Waals surface area contributed by atoms with Crippen LogP contribution in [0.2, 0.25) is 0 Å². The summed E-state index contributed by atoms with van der Waals surface area (Å²) in [6.45, 7) is 1.30. The van der Waals surface area contributed by atoms with E-state index >= 15 is 0 Å². The zero-order valence-corrected chi connectivity index (χ0v) is 13.4. The molecule has 6 nitrogen and oxygen atoms in total. The zero-order chi connectivity index (χ0) is 17.8. The molecule has 0 spiro atoms. The molecule has 0 radical (unpaired) electrons. The number of hydrogen-bond acceptors (Lipinski definition) is 4. The normalized spacial score (nSPS) is 17.3. The second kappa shape index (κ2) is 7.40. The summed E-state index contributed by atoms with van der Waals surface area (Å²) in [6.07, 6.45) is -0.108. The van der Waals surface area contributed by atoms with Gasteiger partial charge in [0.2, 0.25) is 5.91 Å². The molecule has 2 aromatic carbocycles. The summed E-state index contributed by atoms with van der Waals surface area (Å²) in [5.41, 5.74) is 1.55. The first-order valence-corrected chi connectivity index (χ1v) is 7.91. The molecule has 0 aliphatic carbocycles. The topological polar surface area (TPSA) is 72.7 Å². The summed E-state index contributed by atoms with van der Waals surface area (Å²) in [6, 6.07) is 12.0. The predicted molar refractivity (Wildman–Crippen MR) is 88.5 cm³/mol. The molecule has 1 unspecified atom stereocenters. The molecule has 1 aliphatic heterocycles. The highest BCUT2D eigenvalue weighted by Crippen LogP contribution is 2.23. The molecule has 2 aromatic rings. The van der Waals surface area contributed by atoms with Gasteiger partial charge < -0.3 is 9.64 Å². The van der Waals surface area contributed by atoms with Crippen LogP contribution in [0.3, 0.4) is 0 Å². The van der Waals surface area contributed by atoms with Gasteiger partial charge in [-0.3, -0.25) is 14.9 Å². The molecule has 25 heavy (non-hydrogen) atoms. The summed E-state index contributed by atoms with van der Waals surface area (Å²) in [4.78, 5) is 24.4. The van der Waals surface area contributed by atoms with Crippen molar-refractivity contribution in [3.05, 3.63) is 75.6 Å². The van der Waals surface area contributed by atoms with Crippen LogP contribution in [-0.2, 0) is 16.0 Å². The van der Waals surface area contributed by atoms with Crippen LogP contribution in [0.15, 0.2) is 48.5 Å². The Balaban J connectivity index is 1.63. The van der Waals surface area contributed by atoms with E-state index in [1.54, 1.807) is 29.2 Å². The Kier molecular flexibility index (Phi) is 5.04. The number of benzene rings is 2. The van der Waals surface area contributed by atoms with Crippen molar-refractivity contribution in [1.82, 2.24) is 4.90 Å². The molecule has 0 N–H and O–H groups in total. The van der Waals surface area contributed by atoms with E-state index in [0.29, 0.717) is 19.7 Å². The minimum atomic E-state index is -0.471. The molecule has 3 rings (SSSR count). The smallest absolute Gasteiger partial charge is 0.269 e. The number of carbonyl (C=O) groups excluding carboxylic acids is 1. The fourth-order valence-corrected chi connectivity index (χ4v) is 2.78. The fourth-order valence-electron chi connectivity index (χ4n) is 2.78. The lowest BCUT2D eigenvalue weighted by Gasteiger charge is -2.33. The predicted octanol–water partition coefficient (Wildman–Crippen LogP) is 2.88. The fraction of sp³-hybridized carbons (Fsp3) is 0.278. The van der Waals surface area contributed by atoms with Crippen molar-refractivity contribution in [2.45, 2.75) is 12.5 Å². The minimum absolute atomic E-state index is 0.000977. The number of ether oxygens (including phenoxy) is 1. The van der Waals surface area contributed by atoms with Crippen molar-refractivity contribution in [2.75, 3.05) is 19.7 Å². The maximum Gasteiger partial charge on any atom is 0.269 e. The second-order valence-electron chi connectivity index (χ2n) is 5.85. The van der Waals surface area contributed by atoms with Gasteiger partial charge in [-0.2, -0.15) is 0 Å². The van der Waals surface area contributed by atoms with Crippen LogP contribution in [-0.4, -0.2) is 35.4 Å². The molecule has 0 bridgehead atoms. The van der Waals surface area contributed by atoms with Crippen LogP contribution in [0, 0.1) is 15.9 Å². The summed E-state index contributed by atoms with van der Waals surface area (Å²) in [5.74, 6) is -0.380. The van der Waals surface area contributed by atoms with E-state index in [1.165, 1.54) is 24.3 Å². The number of rotatable bonds is 4. The van der Waals surface area contributed by atoms with Gasteiger partial charge in [0.1, 0.15) is 11.9 Å². The lowest BCUT2D eigenvalue weighted by Crippen LogP contribution is -2.42. The van der Waals surface area contributed by atoms with E-state index < -0.39 is 4.92 Å². The van der Waals surface area contributed by atoms with Crippen LogP contribution in [0.1, 0.15) is 17.2 Å². The van der Waals surface area contributed by atoms with Gasteiger partial charge in [0.15, 0.2) is 0 Å². The molecule has 130 valence electrons. The van der Waals surface area contributed by atoms with E-state index in [4.69, 9.17) is 4.74 Å². The summed E-state index contributed by atoms with van der Waals surface area (Å²) < 4.78 is 18.7. The van der Waals surface area contributed by atoms with E-state index in [2.05, 4.69) is 0 Å². The van der Waals surface area contributed by atoms with Crippen molar-refractivity contribution in [2.24, 2.45) is 0 Å². The molecule has 0 aromatic heterocycles. The van der Waals surface area contributed by atoms with Gasteiger partial charge in [-0.1, -0.05) is 24.3 Å². The largest absolute Gasteiger partial charge is 0.370 e. The molecular weight excluding hydrogens is 327 g/mol. The van der Waals surface area contributed by atoms with Gasteiger partial charge in [0.25, 0.3) is 5.69 Å². The molecule has 1 aliphatic rings. The van der Waals surface area contributed by atoms with Gasteiger partial charge in [-0.25, -0.2) is 4.39 Å². The average molecular weight is 344 g/mol. The highest BCUT2D eigenvalue weighted by Gasteiger charge is 2.25. The number of hydrogen-bond donors (Lipinski definition) is 0. The number of non-ortho nitro benzene ring substituents is 1. The first kappa shape index (κ1) is 17.0. The number of morpholine rings is 1. The monoisotopic (exact) mass is 344 g/mol. The summed E-state index contributed by atoms with van der Waals surface area (Å²) in [7, 11) is 0. The van der Waals surface area contributed by atoms with Crippen LogP contribution in [0.4, 0.5) is 10.1 Å². The Hall–Kier alpha value is -2.80. The third-order valence-corrected chi connectivity index (χ3v) is 4.16. The Morgan fingerprint density at radius 3 is 2.52 bits per heavy atom. The molecule has 0 saturated carbocycles. The van der Waals surface area contributed by atoms with Crippen LogP contribution < -0.4 is 0 Å². The number of nitro groups is 1. The second-order valence-corrected chi connectivity index (χ2v) is 5.85. The van der Waals surface area contributed by atoms with Crippen molar-refractivity contribution in [1.29, 1.82) is 0 Å². The Morgan fingerprint density at radius 1 is 1.20 bits per heavy atom. The Bertz CT molecular complexity index is 762. The summed E-state index contributed by atoms with van der Waals surface area (Å²) >= 11 is 0. The average Bonchev–Trinajstić information content (AvgIpc) is 2.63. The highest BCUT2D eigenvalue weighted by atomic mass is 19.1. The van der Waals surface area contributed by atoms with Crippen molar-refractivity contribution in [3.8, 4) is 0 Å². The quantitative estimate of drug-likeness (QED) is 0.631. The third-order valence-electron chi connectivity index (χ3n) is 4.16. The molecule has 1 heterocycles. The lowest BCUT2D eigenvalue weighted by molar-refractivity contribution is -0.384. The van der Waals surface area contributed by atoms with Gasteiger partial charge in [-0.05, 0) is 23.3 Å². The third kappa shape index (κ3) is 4.19. The number of amides is 1. The van der Waals surface area contributed by atoms with Crippen LogP contribution in [0.25, 0.3) is 0 Å². The lowest BCUT2D eigenvalue weighted by atomic mass is 10.1. The zero-order valence-electron chi connectivity index (χ0n) is 13.4. The SMILES string of the molecule is O=C(Cc1ccc([N+](=O)[O-])cc1)N1CCOC(c2ccc(F)cc2)C1. The van der Waals surface area contributed by atoms with E-state index in [0.717, 1.165) is 11.1 Å². The number of nitrogens with zero attached hydrogens (tertiary/aromatic N) is 2. The molecule has 1 atom stereocenters. The van der Waals surface area contributed by atoms with E-state index in [9.17, 15) is 19.3 Å². The summed E-state index contributed by atoms with van der Waals surface area (Å²) in [5, 5.41) is 10.7. The first-order valence-electron chi connectivity index (χ1n) is 7.91. The van der Waals surface area contributed by atoms with E-state index in [1.807, 2.05) is 0 Å². The van der Waals surface area contributed by atoms with Gasteiger partial charge in [0, 0.05) is 18.7 Å². The first-order chi connectivity index (χ1) is 12.0. The van der Waals surface area contributed by atoms with Crippen molar-refractivity contribution >= 4 is 11.6 Å². The van der Waals surface area contributed by atoms with Crippen molar-refractivity contribution in [3.63, 3.8) is 0 Å². The maximum atomic E-state index is 13.0. The molecule has 1 fully saturated rings. The minimum Gasteiger partial charge on any atom is -0.370 e. The maximum absolute atomic E-state index is 13.0. The van der Waals surface area contributed by atoms with Gasteiger partial charge in [-0.15, -0.1) is 0 Å². The van der Waals surface area contributed by atoms with Crippen LogP contribution in [0.5, 0.6) is 0 Å². The molecule has 1 amide bonds.